The van der Waals surface area contributed by atoms with Crippen LogP contribution in [-0.4, -0.2) is 10.1 Å². The molecule has 1 saturated carbocycles. The Balaban J connectivity index is 1.94. The first-order valence-electron chi connectivity index (χ1n) is 8.38. The van der Waals surface area contributed by atoms with Gasteiger partial charge in [-0.3, -0.25) is 0 Å². The summed E-state index contributed by atoms with van der Waals surface area (Å²) in [6.07, 6.45) is 9.16. The van der Waals surface area contributed by atoms with Gasteiger partial charge in [-0.1, -0.05) is 37.5 Å². The van der Waals surface area contributed by atoms with Crippen LogP contribution in [0.15, 0.2) is 30.5 Å². The van der Waals surface area contributed by atoms with Crippen molar-refractivity contribution in [2.24, 2.45) is 0 Å². The van der Waals surface area contributed by atoms with Crippen molar-refractivity contribution >= 4 is 10.9 Å². The van der Waals surface area contributed by atoms with E-state index in [9.17, 15) is 0 Å². The minimum atomic E-state index is 0.157. The summed E-state index contributed by atoms with van der Waals surface area (Å²) < 4.78 is 2.55. The lowest BCUT2D eigenvalue weighted by Gasteiger charge is -2.26. The molecule has 1 fully saturated rings. The van der Waals surface area contributed by atoms with Crippen LogP contribution in [-0.2, 0) is 6.54 Å². The number of hydrogen-bond donors (Lipinski definition) is 1. The fraction of sp³-hybridized carbons (Fsp3) is 0.579. The van der Waals surface area contributed by atoms with Gasteiger partial charge in [0.05, 0.1) is 5.52 Å². The predicted octanol–water partition coefficient (Wildman–Crippen LogP) is 5.03. The molecule has 0 amide bonds. The van der Waals surface area contributed by atoms with E-state index in [-0.39, 0.29) is 5.54 Å². The Morgan fingerprint density at radius 1 is 1.10 bits per heavy atom. The number of para-hydroxylation sites is 1. The fourth-order valence-electron chi connectivity index (χ4n) is 3.46. The monoisotopic (exact) mass is 284 g/mol. The van der Waals surface area contributed by atoms with Crippen molar-refractivity contribution in [1.29, 1.82) is 0 Å². The van der Waals surface area contributed by atoms with Gasteiger partial charge in [0.1, 0.15) is 0 Å². The molecule has 0 radical (unpaired) electrons. The largest absolute Gasteiger partial charge is 0.344 e. The molecule has 2 heteroatoms. The van der Waals surface area contributed by atoms with Crippen LogP contribution in [0.2, 0.25) is 0 Å². The molecular weight excluding hydrogens is 256 g/mol. The first-order chi connectivity index (χ1) is 10.0. The zero-order valence-corrected chi connectivity index (χ0v) is 13.7. The molecule has 0 atom stereocenters. The standard InChI is InChI=1S/C19H28N2/c1-19(2,3)20-14-16-9-7-8-15-12-13-21(18(15)16)17-10-5-4-6-11-17/h7-9,12-13,17,20H,4-6,10-11,14H2,1-3H3. The minimum Gasteiger partial charge on any atom is -0.344 e. The summed E-state index contributed by atoms with van der Waals surface area (Å²) in [4.78, 5) is 0. The molecule has 3 rings (SSSR count). The second kappa shape index (κ2) is 5.84. The van der Waals surface area contributed by atoms with Gasteiger partial charge in [0.15, 0.2) is 0 Å². The van der Waals surface area contributed by atoms with Gasteiger partial charge in [-0.2, -0.15) is 0 Å². The Morgan fingerprint density at radius 2 is 1.86 bits per heavy atom. The zero-order chi connectivity index (χ0) is 14.9. The molecule has 1 aromatic heterocycles. The van der Waals surface area contributed by atoms with E-state index in [1.807, 2.05) is 0 Å². The molecule has 114 valence electrons. The highest BCUT2D eigenvalue weighted by Crippen LogP contribution is 2.32. The SMILES string of the molecule is CC(C)(C)NCc1cccc2ccn(C3CCCCC3)c12. The van der Waals surface area contributed by atoms with E-state index >= 15 is 0 Å². The van der Waals surface area contributed by atoms with Crippen molar-refractivity contribution < 1.29 is 0 Å². The van der Waals surface area contributed by atoms with Crippen LogP contribution in [0.25, 0.3) is 10.9 Å². The summed E-state index contributed by atoms with van der Waals surface area (Å²) in [7, 11) is 0. The van der Waals surface area contributed by atoms with Crippen molar-refractivity contribution in [1.82, 2.24) is 9.88 Å². The van der Waals surface area contributed by atoms with Crippen molar-refractivity contribution in [3.63, 3.8) is 0 Å². The van der Waals surface area contributed by atoms with Crippen molar-refractivity contribution in [2.75, 3.05) is 0 Å². The van der Waals surface area contributed by atoms with Crippen LogP contribution in [0.4, 0.5) is 0 Å². The Morgan fingerprint density at radius 3 is 2.57 bits per heavy atom. The minimum absolute atomic E-state index is 0.157. The van der Waals surface area contributed by atoms with Gasteiger partial charge in [0, 0.05) is 24.3 Å². The molecule has 0 bridgehead atoms. The highest BCUT2D eigenvalue weighted by Gasteiger charge is 2.18. The van der Waals surface area contributed by atoms with Crippen LogP contribution < -0.4 is 5.32 Å². The lowest BCUT2D eigenvalue weighted by molar-refractivity contribution is 0.360. The average molecular weight is 284 g/mol. The first-order valence-corrected chi connectivity index (χ1v) is 8.38. The molecule has 2 aromatic rings. The quantitative estimate of drug-likeness (QED) is 0.836. The van der Waals surface area contributed by atoms with Gasteiger partial charge in [0.2, 0.25) is 0 Å². The molecule has 1 aliphatic carbocycles. The molecule has 0 unspecified atom stereocenters. The second-order valence-electron chi connectivity index (χ2n) is 7.47. The van der Waals surface area contributed by atoms with Gasteiger partial charge in [-0.05, 0) is 50.6 Å². The lowest BCUT2D eigenvalue weighted by atomic mass is 9.95. The normalized spacial score (nSPS) is 17.5. The number of aromatic nitrogens is 1. The maximum atomic E-state index is 3.64. The fourth-order valence-corrected chi connectivity index (χ4v) is 3.46. The second-order valence-corrected chi connectivity index (χ2v) is 7.47. The zero-order valence-electron chi connectivity index (χ0n) is 13.7. The number of nitrogens with zero attached hydrogens (tertiary/aromatic N) is 1. The first kappa shape index (κ1) is 14.6. The third-order valence-corrected chi connectivity index (χ3v) is 4.60. The third-order valence-electron chi connectivity index (χ3n) is 4.60. The van der Waals surface area contributed by atoms with Gasteiger partial charge < -0.3 is 9.88 Å². The molecule has 21 heavy (non-hydrogen) atoms. The van der Waals surface area contributed by atoms with E-state index in [1.165, 1.54) is 48.6 Å². The lowest BCUT2D eigenvalue weighted by Crippen LogP contribution is -2.35. The Bertz CT molecular complexity index is 598. The molecule has 1 aliphatic rings. The summed E-state index contributed by atoms with van der Waals surface area (Å²) in [5.74, 6) is 0. The maximum absolute atomic E-state index is 3.64. The van der Waals surface area contributed by atoms with Crippen molar-refractivity contribution in [3.05, 3.63) is 36.0 Å². The summed E-state index contributed by atoms with van der Waals surface area (Å²) >= 11 is 0. The molecule has 1 heterocycles. The molecular formula is C19H28N2. The highest BCUT2D eigenvalue weighted by atomic mass is 15.0. The highest BCUT2D eigenvalue weighted by molar-refractivity contribution is 5.83. The summed E-state index contributed by atoms with van der Waals surface area (Å²) in [5.41, 5.74) is 3.03. The van der Waals surface area contributed by atoms with Gasteiger partial charge >= 0.3 is 0 Å². The average Bonchev–Trinajstić information content (AvgIpc) is 2.90. The number of fused-ring (bicyclic) bond motifs is 1. The van der Waals surface area contributed by atoms with Crippen LogP contribution in [0, 0.1) is 0 Å². The number of nitrogens with one attached hydrogen (secondary N) is 1. The molecule has 1 aromatic carbocycles. The summed E-state index contributed by atoms with van der Waals surface area (Å²) in [6.45, 7) is 7.63. The molecule has 0 aliphatic heterocycles. The van der Waals surface area contributed by atoms with E-state index in [0.29, 0.717) is 6.04 Å². The number of hydrogen-bond acceptors (Lipinski definition) is 1. The Hall–Kier alpha value is -1.28. The van der Waals surface area contributed by atoms with Gasteiger partial charge in [-0.25, -0.2) is 0 Å². The smallest absolute Gasteiger partial charge is 0.0528 e. The molecule has 0 saturated heterocycles. The van der Waals surface area contributed by atoms with E-state index < -0.39 is 0 Å². The van der Waals surface area contributed by atoms with E-state index in [4.69, 9.17) is 0 Å². The van der Waals surface area contributed by atoms with Crippen LogP contribution in [0.3, 0.4) is 0 Å². The number of benzene rings is 1. The molecule has 2 nitrogen and oxygen atoms in total. The maximum Gasteiger partial charge on any atom is 0.0528 e. The van der Waals surface area contributed by atoms with E-state index in [0.717, 1.165) is 6.54 Å². The predicted molar refractivity (Wildman–Crippen MR) is 90.7 cm³/mol. The van der Waals surface area contributed by atoms with E-state index in [2.05, 4.69) is 61.1 Å². The van der Waals surface area contributed by atoms with Crippen LogP contribution >= 0.6 is 0 Å². The summed E-state index contributed by atoms with van der Waals surface area (Å²) in [5, 5.41) is 5.02. The molecule has 0 spiro atoms. The number of rotatable bonds is 3. The Kier molecular flexibility index (Phi) is 4.08. The van der Waals surface area contributed by atoms with Crippen molar-refractivity contribution in [3.8, 4) is 0 Å². The summed E-state index contributed by atoms with van der Waals surface area (Å²) in [6, 6.07) is 9.69. The van der Waals surface area contributed by atoms with Gasteiger partial charge in [0.25, 0.3) is 0 Å². The van der Waals surface area contributed by atoms with Gasteiger partial charge in [-0.15, -0.1) is 0 Å². The Labute approximate surface area is 128 Å². The topological polar surface area (TPSA) is 17.0 Å². The molecule has 1 N–H and O–H groups in total. The van der Waals surface area contributed by atoms with Crippen molar-refractivity contribution in [2.45, 2.75) is 71.0 Å². The van der Waals surface area contributed by atoms with Crippen LogP contribution in [0.1, 0.15) is 64.5 Å². The van der Waals surface area contributed by atoms with E-state index in [1.54, 1.807) is 0 Å². The van der Waals surface area contributed by atoms with Crippen LogP contribution in [0.5, 0.6) is 0 Å². The third kappa shape index (κ3) is 3.32.